The van der Waals surface area contributed by atoms with Crippen LogP contribution in [-0.4, -0.2) is 39.7 Å². The number of pyridine rings is 1. The number of hydrogen-bond donors (Lipinski definition) is 1. The quantitative estimate of drug-likeness (QED) is 0.696. The molecule has 1 fully saturated rings. The SMILES string of the molecule is CC1(C)NC(=O)N(CCSc2cccc3cccnc23)C1=O. The summed E-state index contributed by atoms with van der Waals surface area (Å²) in [6.07, 6.45) is 1.77. The van der Waals surface area contributed by atoms with Gasteiger partial charge >= 0.3 is 6.03 Å². The van der Waals surface area contributed by atoms with Gasteiger partial charge in [-0.2, -0.15) is 0 Å². The molecule has 114 valence electrons. The third-order valence-electron chi connectivity index (χ3n) is 3.61. The Balaban J connectivity index is 1.68. The van der Waals surface area contributed by atoms with E-state index in [0.717, 1.165) is 15.8 Å². The highest BCUT2D eigenvalue weighted by Crippen LogP contribution is 2.26. The first-order valence-corrected chi connectivity index (χ1v) is 8.08. The first-order valence-electron chi connectivity index (χ1n) is 7.10. The first kappa shape index (κ1) is 14.8. The van der Waals surface area contributed by atoms with Crippen molar-refractivity contribution in [3.63, 3.8) is 0 Å². The molecule has 22 heavy (non-hydrogen) atoms. The van der Waals surface area contributed by atoms with E-state index in [9.17, 15) is 9.59 Å². The van der Waals surface area contributed by atoms with Crippen LogP contribution in [0.4, 0.5) is 4.79 Å². The Morgan fingerprint density at radius 3 is 2.73 bits per heavy atom. The van der Waals surface area contributed by atoms with Crippen LogP contribution in [0, 0.1) is 0 Å². The smallest absolute Gasteiger partial charge is 0.324 e. The highest BCUT2D eigenvalue weighted by atomic mass is 32.2. The van der Waals surface area contributed by atoms with E-state index in [2.05, 4.69) is 10.3 Å². The fourth-order valence-corrected chi connectivity index (χ4v) is 3.44. The molecule has 0 radical (unpaired) electrons. The lowest BCUT2D eigenvalue weighted by Crippen LogP contribution is -2.40. The Morgan fingerprint density at radius 1 is 1.23 bits per heavy atom. The van der Waals surface area contributed by atoms with E-state index < -0.39 is 5.54 Å². The van der Waals surface area contributed by atoms with Crippen LogP contribution in [0.25, 0.3) is 10.9 Å². The predicted octanol–water partition coefficient (Wildman–Crippen LogP) is 2.66. The van der Waals surface area contributed by atoms with Gasteiger partial charge in [0.15, 0.2) is 0 Å². The monoisotopic (exact) mass is 315 g/mol. The lowest BCUT2D eigenvalue weighted by molar-refractivity contribution is -0.130. The summed E-state index contributed by atoms with van der Waals surface area (Å²) in [5.74, 6) is 0.472. The summed E-state index contributed by atoms with van der Waals surface area (Å²) in [5, 5.41) is 3.77. The number of carbonyl (C=O) groups is 2. The van der Waals surface area contributed by atoms with Crippen molar-refractivity contribution in [2.24, 2.45) is 0 Å². The maximum absolute atomic E-state index is 12.1. The van der Waals surface area contributed by atoms with Crippen LogP contribution in [0.15, 0.2) is 41.4 Å². The van der Waals surface area contributed by atoms with Crippen LogP contribution in [0.2, 0.25) is 0 Å². The number of aromatic nitrogens is 1. The molecule has 1 N–H and O–H groups in total. The van der Waals surface area contributed by atoms with E-state index in [-0.39, 0.29) is 11.9 Å². The minimum atomic E-state index is -0.803. The molecular weight excluding hydrogens is 298 g/mol. The number of urea groups is 1. The molecule has 3 amide bonds. The molecule has 0 aliphatic carbocycles. The third kappa shape index (κ3) is 2.66. The Bertz CT molecular complexity index is 740. The predicted molar refractivity (Wildman–Crippen MR) is 86.8 cm³/mol. The summed E-state index contributed by atoms with van der Waals surface area (Å²) in [6.45, 7) is 3.83. The zero-order valence-electron chi connectivity index (χ0n) is 12.5. The summed E-state index contributed by atoms with van der Waals surface area (Å²) >= 11 is 1.60. The minimum absolute atomic E-state index is 0.172. The van der Waals surface area contributed by atoms with Crippen LogP contribution < -0.4 is 5.32 Å². The topological polar surface area (TPSA) is 62.3 Å². The molecule has 2 aromatic rings. The first-order chi connectivity index (χ1) is 10.5. The van der Waals surface area contributed by atoms with Gasteiger partial charge in [0.05, 0.1) is 5.52 Å². The molecule has 2 heterocycles. The number of rotatable bonds is 4. The number of hydrogen-bond acceptors (Lipinski definition) is 4. The van der Waals surface area contributed by atoms with Gasteiger partial charge in [-0.3, -0.25) is 14.7 Å². The molecule has 1 aromatic heterocycles. The van der Waals surface area contributed by atoms with Crippen LogP contribution in [0.3, 0.4) is 0 Å². The minimum Gasteiger partial charge on any atom is -0.324 e. The molecule has 0 atom stereocenters. The third-order valence-corrected chi connectivity index (χ3v) is 4.64. The Morgan fingerprint density at radius 2 is 2.00 bits per heavy atom. The number of nitrogens with one attached hydrogen (secondary N) is 1. The molecule has 3 rings (SSSR count). The van der Waals surface area contributed by atoms with E-state index in [4.69, 9.17) is 0 Å². The average Bonchev–Trinajstić information content (AvgIpc) is 2.69. The van der Waals surface area contributed by atoms with Gasteiger partial charge in [-0.1, -0.05) is 18.2 Å². The van der Waals surface area contributed by atoms with Gasteiger partial charge in [0, 0.05) is 28.8 Å². The van der Waals surface area contributed by atoms with Gasteiger partial charge in [-0.05, 0) is 26.0 Å². The molecule has 5 nitrogen and oxygen atoms in total. The largest absolute Gasteiger partial charge is 0.325 e. The fraction of sp³-hybridized carbons (Fsp3) is 0.312. The summed E-state index contributed by atoms with van der Waals surface area (Å²) in [4.78, 5) is 30.7. The van der Waals surface area contributed by atoms with Gasteiger partial charge in [0.2, 0.25) is 0 Å². The van der Waals surface area contributed by atoms with E-state index in [0.29, 0.717) is 12.3 Å². The molecule has 1 aromatic carbocycles. The molecule has 1 aliphatic heterocycles. The molecule has 0 spiro atoms. The lowest BCUT2D eigenvalue weighted by Gasteiger charge is -2.15. The number of nitrogens with zero attached hydrogens (tertiary/aromatic N) is 2. The Kier molecular flexibility index (Phi) is 3.78. The van der Waals surface area contributed by atoms with Crippen molar-refractivity contribution in [3.05, 3.63) is 36.5 Å². The highest BCUT2D eigenvalue weighted by molar-refractivity contribution is 7.99. The summed E-state index contributed by atoms with van der Waals surface area (Å²) in [7, 11) is 0. The van der Waals surface area contributed by atoms with Gasteiger partial charge < -0.3 is 5.32 Å². The molecule has 1 aliphatic rings. The van der Waals surface area contributed by atoms with Crippen molar-refractivity contribution in [2.45, 2.75) is 24.3 Å². The van der Waals surface area contributed by atoms with E-state index in [1.165, 1.54) is 4.90 Å². The molecular formula is C16H17N3O2S. The van der Waals surface area contributed by atoms with Crippen LogP contribution >= 0.6 is 11.8 Å². The normalized spacial score (nSPS) is 17.1. The van der Waals surface area contributed by atoms with E-state index in [1.807, 2.05) is 30.3 Å². The number of imide groups is 1. The molecule has 1 saturated heterocycles. The Labute approximate surface area is 133 Å². The number of benzene rings is 1. The maximum atomic E-state index is 12.1. The second-order valence-electron chi connectivity index (χ2n) is 5.69. The van der Waals surface area contributed by atoms with Gasteiger partial charge in [-0.25, -0.2) is 4.79 Å². The van der Waals surface area contributed by atoms with Crippen LogP contribution in [0.5, 0.6) is 0 Å². The number of fused-ring (bicyclic) bond motifs is 1. The summed E-state index contributed by atoms with van der Waals surface area (Å²) in [6, 6.07) is 9.63. The van der Waals surface area contributed by atoms with E-state index in [1.54, 1.807) is 31.8 Å². The van der Waals surface area contributed by atoms with Crippen molar-refractivity contribution < 1.29 is 9.59 Å². The number of thioether (sulfide) groups is 1. The van der Waals surface area contributed by atoms with Gasteiger partial charge in [0.25, 0.3) is 5.91 Å². The highest BCUT2D eigenvalue weighted by Gasteiger charge is 2.43. The molecule has 0 bridgehead atoms. The fourth-order valence-electron chi connectivity index (χ4n) is 2.46. The molecule has 6 heteroatoms. The van der Waals surface area contributed by atoms with Crippen molar-refractivity contribution in [1.82, 2.24) is 15.2 Å². The van der Waals surface area contributed by atoms with Gasteiger partial charge in [-0.15, -0.1) is 11.8 Å². The van der Waals surface area contributed by atoms with Crippen molar-refractivity contribution >= 4 is 34.6 Å². The molecule has 0 unspecified atom stereocenters. The molecule has 0 saturated carbocycles. The van der Waals surface area contributed by atoms with E-state index >= 15 is 0 Å². The maximum Gasteiger partial charge on any atom is 0.325 e. The van der Waals surface area contributed by atoms with Crippen molar-refractivity contribution in [2.75, 3.05) is 12.3 Å². The Hall–Kier alpha value is -2.08. The zero-order valence-corrected chi connectivity index (χ0v) is 13.3. The van der Waals surface area contributed by atoms with Crippen LogP contribution in [-0.2, 0) is 4.79 Å². The number of amides is 3. The summed E-state index contributed by atoms with van der Waals surface area (Å²) < 4.78 is 0. The zero-order chi connectivity index (χ0) is 15.7. The van der Waals surface area contributed by atoms with Gasteiger partial charge in [0.1, 0.15) is 5.54 Å². The summed E-state index contributed by atoms with van der Waals surface area (Å²) in [5.41, 5.74) is 0.149. The standard InChI is InChI=1S/C16H17N3O2S/c1-16(2)14(20)19(15(21)18-16)9-10-22-12-7-3-5-11-6-4-8-17-13(11)12/h3-8H,9-10H2,1-2H3,(H,18,21). The lowest BCUT2D eigenvalue weighted by atomic mass is 10.1. The average molecular weight is 315 g/mol. The number of carbonyl (C=O) groups excluding carboxylic acids is 2. The second kappa shape index (κ2) is 5.61. The second-order valence-corrected chi connectivity index (χ2v) is 6.83. The van der Waals surface area contributed by atoms with Crippen LogP contribution in [0.1, 0.15) is 13.8 Å². The number of para-hydroxylation sites is 1. The van der Waals surface area contributed by atoms with Crippen molar-refractivity contribution in [1.29, 1.82) is 0 Å². The van der Waals surface area contributed by atoms with Crippen molar-refractivity contribution in [3.8, 4) is 0 Å².